The fraction of sp³-hybridized carbons (Fsp3) is 0.0909. The first kappa shape index (κ1) is 16.0. The third kappa shape index (κ3) is 7.05. The molecule has 0 heterocycles. The smallest absolute Gasteiger partial charge is 0.335 e. The molecule has 1 N–H and O–H groups in total. The van der Waals surface area contributed by atoms with Crippen LogP contribution in [-0.2, 0) is 0 Å². The summed E-state index contributed by atoms with van der Waals surface area (Å²) in [6, 6.07) is 5.73. The van der Waals surface area contributed by atoms with Crippen LogP contribution in [0, 0.1) is 0 Å². The zero-order valence-corrected chi connectivity index (χ0v) is 11.3. The molecule has 0 amide bonds. The van der Waals surface area contributed by atoms with Gasteiger partial charge in [-0.15, -0.1) is 12.6 Å². The molecule has 0 aliphatic rings. The van der Waals surface area contributed by atoms with Crippen LogP contribution in [0.3, 0.4) is 0 Å². The SMILES string of the molecule is CC=C(Cl)Cl.O=C(O)c1cccc(C(=O)S)c1. The summed E-state index contributed by atoms with van der Waals surface area (Å²) in [5.41, 5.74) is 0.383. The van der Waals surface area contributed by atoms with E-state index in [-0.39, 0.29) is 5.56 Å². The van der Waals surface area contributed by atoms with Crippen molar-refractivity contribution in [3.63, 3.8) is 0 Å². The number of carbonyl (C=O) groups is 2. The molecule has 0 atom stereocenters. The van der Waals surface area contributed by atoms with Crippen molar-refractivity contribution in [3.8, 4) is 0 Å². The number of allylic oxidation sites excluding steroid dienone is 1. The molecule has 0 spiro atoms. The van der Waals surface area contributed by atoms with Gasteiger partial charge in [-0.3, -0.25) is 4.79 Å². The lowest BCUT2D eigenvalue weighted by molar-refractivity contribution is 0.0697. The highest BCUT2D eigenvalue weighted by Gasteiger charge is 2.05. The van der Waals surface area contributed by atoms with Crippen molar-refractivity contribution in [2.24, 2.45) is 0 Å². The minimum Gasteiger partial charge on any atom is -0.478 e. The Hall–Kier alpha value is -0.970. The van der Waals surface area contributed by atoms with E-state index in [1.807, 2.05) is 0 Å². The van der Waals surface area contributed by atoms with Crippen LogP contribution in [0.5, 0.6) is 0 Å². The number of hydrogen-bond donors (Lipinski definition) is 2. The highest BCUT2D eigenvalue weighted by molar-refractivity contribution is 7.97. The topological polar surface area (TPSA) is 54.4 Å². The van der Waals surface area contributed by atoms with Gasteiger partial charge < -0.3 is 5.11 Å². The Balaban J connectivity index is 0.000000437. The standard InChI is InChI=1S/C8H6O3S.C3H4Cl2/c9-7(10)5-2-1-3-6(4-5)8(11)12;1-2-3(4)5/h1-4H,(H,9,10)(H,11,12);2H,1H3. The average molecular weight is 293 g/mol. The Labute approximate surface area is 114 Å². The Morgan fingerprint density at radius 2 is 1.76 bits per heavy atom. The molecule has 0 saturated carbocycles. The second kappa shape index (κ2) is 8.17. The molecule has 0 unspecified atom stereocenters. The molecule has 1 aromatic rings. The number of aromatic carboxylic acids is 1. The number of carbonyl (C=O) groups excluding carboxylic acids is 1. The number of hydrogen-bond acceptors (Lipinski definition) is 2. The third-order valence-electron chi connectivity index (χ3n) is 1.57. The Morgan fingerprint density at radius 3 is 2.12 bits per heavy atom. The molecule has 0 bridgehead atoms. The van der Waals surface area contributed by atoms with Crippen LogP contribution in [-0.4, -0.2) is 16.2 Å². The van der Waals surface area contributed by atoms with Crippen LogP contribution in [0.15, 0.2) is 34.8 Å². The summed E-state index contributed by atoms with van der Waals surface area (Å²) in [6.07, 6.45) is 1.61. The van der Waals surface area contributed by atoms with Crippen molar-refractivity contribution in [2.75, 3.05) is 0 Å². The van der Waals surface area contributed by atoms with Gasteiger partial charge in [0.25, 0.3) is 0 Å². The van der Waals surface area contributed by atoms with Crippen LogP contribution in [0.2, 0.25) is 0 Å². The first-order valence-corrected chi connectivity index (χ1v) is 5.62. The van der Waals surface area contributed by atoms with Crippen molar-refractivity contribution < 1.29 is 14.7 Å². The summed E-state index contributed by atoms with van der Waals surface area (Å²) in [6.45, 7) is 1.77. The number of halogens is 2. The highest BCUT2D eigenvalue weighted by Crippen LogP contribution is 2.07. The quantitative estimate of drug-likeness (QED) is 0.816. The summed E-state index contributed by atoms with van der Waals surface area (Å²) in [4.78, 5) is 21.1. The molecule has 17 heavy (non-hydrogen) atoms. The number of carboxylic acids is 1. The molecule has 0 aliphatic carbocycles. The number of benzene rings is 1. The molecule has 1 rings (SSSR count). The maximum atomic E-state index is 10.7. The van der Waals surface area contributed by atoms with Gasteiger partial charge >= 0.3 is 5.97 Å². The molecule has 0 fully saturated rings. The van der Waals surface area contributed by atoms with Crippen molar-refractivity contribution in [2.45, 2.75) is 6.92 Å². The maximum Gasteiger partial charge on any atom is 0.335 e. The molecule has 0 saturated heterocycles. The van der Waals surface area contributed by atoms with Gasteiger partial charge in [0.2, 0.25) is 5.12 Å². The van der Waals surface area contributed by atoms with Gasteiger partial charge in [0, 0.05) is 5.56 Å². The van der Waals surface area contributed by atoms with Gasteiger partial charge in [0.15, 0.2) is 0 Å². The summed E-state index contributed by atoms with van der Waals surface area (Å²) in [5.74, 6) is -1.05. The van der Waals surface area contributed by atoms with E-state index in [0.29, 0.717) is 10.1 Å². The van der Waals surface area contributed by atoms with E-state index in [9.17, 15) is 9.59 Å². The molecule has 3 nitrogen and oxygen atoms in total. The molecule has 0 aliphatic heterocycles. The monoisotopic (exact) mass is 292 g/mol. The molecule has 0 radical (unpaired) electrons. The van der Waals surface area contributed by atoms with Gasteiger partial charge in [-0.1, -0.05) is 41.4 Å². The predicted molar refractivity (Wildman–Crippen MR) is 72.2 cm³/mol. The summed E-state index contributed by atoms with van der Waals surface area (Å²) in [7, 11) is 0. The zero-order chi connectivity index (χ0) is 13.4. The van der Waals surface area contributed by atoms with Crippen molar-refractivity contribution in [1.82, 2.24) is 0 Å². The van der Waals surface area contributed by atoms with E-state index in [2.05, 4.69) is 12.6 Å². The van der Waals surface area contributed by atoms with Gasteiger partial charge in [-0.25, -0.2) is 4.79 Å². The number of thiol groups is 1. The molecule has 92 valence electrons. The largest absolute Gasteiger partial charge is 0.478 e. The minimum atomic E-state index is -1.05. The van der Waals surface area contributed by atoms with E-state index < -0.39 is 11.1 Å². The van der Waals surface area contributed by atoms with Crippen LogP contribution < -0.4 is 0 Å². The lowest BCUT2D eigenvalue weighted by Gasteiger charge is -1.95. The van der Waals surface area contributed by atoms with Crippen LogP contribution >= 0.6 is 35.8 Å². The average Bonchev–Trinajstić information content (AvgIpc) is 2.29. The summed E-state index contributed by atoms with van der Waals surface area (Å²) < 4.78 is 0.324. The normalized spacial score (nSPS) is 8.71. The first-order valence-electron chi connectivity index (χ1n) is 4.42. The van der Waals surface area contributed by atoms with E-state index in [1.54, 1.807) is 13.0 Å². The lowest BCUT2D eigenvalue weighted by atomic mass is 10.1. The van der Waals surface area contributed by atoms with E-state index in [0.717, 1.165) is 0 Å². The number of rotatable bonds is 2. The van der Waals surface area contributed by atoms with Crippen molar-refractivity contribution in [3.05, 3.63) is 46.0 Å². The second-order valence-electron chi connectivity index (χ2n) is 2.77. The molecular weight excluding hydrogens is 283 g/mol. The molecule has 0 aromatic heterocycles. The third-order valence-corrected chi connectivity index (χ3v) is 2.27. The van der Waals surface area contributed by atoms with Crippen molar-refractivity contribution >= 4 is 46.9 Å². The molecular formula is C11H10Cl2O3S. The fourth-order valence-electron chi connectivity index (χ4n) is 0.785. The summed E-state index contributed by atoms with van der Waals surface area (Å²) >= 11 is 13.7. The van der Waals surface area contributed by atoms with Crippen LogP contribution in [0.25, 0.3) is 0 Å². The Kier molecular flexibility index (Phi) is 7.70. The lowest BCUT2D eigenvalue weighted by Crippen LogP contribution is -1.98. The second-order valence-corrected chi connectivity index (χ2v) is 4.18. The highest BCUT2D eigenvalue weighted by atomic mass is 35.5. The maximum absolute atomic E-state index is 10.7. The van der Waals surface area contributed by atoms with Crippen molar-refractivity contribution in [1.29, 1.82) is 0 Å². The van der Waals surface area contributed by atoms with Crippen LogP contribution in [0.4, 0.5) is 0 Å². The van der Waals surface area contributed by atoms with Gasteiger partial charge in [-0.2, -0.15) is 0 Å². The Bertz CT molecular complexity index is 411. The van der Waals surface area contributed by atoms with Gasteiger partial charge in [-0.05, 0) is 19.1 Å². The summed E-state index contributed by atoms with van der Waals surface area (Å²) in [5, 5.41) is 8.12. The van der Waals surface area contributed by atoms with E-state index in [4.69, 9.17) is 28.3 Å². The van der Waals surface area contributed by atoms with Gasteiger partial charge in [0.05, 0.1) is 5.56 Å². The van der Waals surface area contributed by atoms with E-state index in [1.165, 1.54) is 24.3 Å². The van der Waals surface area contributed by atoms with Crippen LogP contribution in [0.1, 0.15) is 27.6 Å². The number of carboxylic acid groups (broad SMARTS) is 1. The first-order chi connectivity index (χ1) is 7.88. The molecule has 6 heteroatoms. The Morgan fingerprint density at radius 1 is 1.29 bits per heavy atom. The fourth-order valence-corrected chi connectivity index (χ4v) is 0.924. The van der Waals surface area contributed by atoms with E-state index >= 15 is 0 Å². The molecule has 1 aromatic carbocycles. The van der Waals surface area contributed by atoms with Gasteiger partial charge in [0.1, 0.15) is 4.49 Å². The zero-order valence-electron chi connectivity index (χ0n) is 8.85. The minimum absolute atomic E-state index is 0.0925. The predicted octanol–water partition coefficient (Wildman–Crippen LogP) is 3.78.